The lowest BCUT2D eigenvalue weighted by Gasteiger charge is -2.40. The summed E-state index contributed by atoms with van der Waals surface area (Å²) in [6, 6.07) is 2.27. The molecule has 0 bridgehead atoms. The van der Waals surface area contributed by atoms with Gasteiger partial charge in [0, 0.05) is 4.88 Å². The number of hydrogen-bond donors (Lipinski definition) is 0. The first-order valence-electron chi connectivity index (χ1n) is 6.55. The Labute approximate surface area is 110 Å². The smallest absolute Gasteiger partial charge is 0.192 e. The van der Waals surface area contributed by atoms with E-state index in [1.54, 1.807) is 4.88 Å². The molecule has 1 heterocycles. The molecular weight excluding hydrogens is 244 g/mol. The van der Waals surface area contributed by atoms with Gasteiger partial charge in [0.05, 0.1) is 6.10 Å². The zero-order chi connectivity index (χ0) is 12.7. The Morgan fingerprint density at radius 2 is 2.06 bits per heavy atom. The van der Waals surface area contributed by atoms with Gasteiger partial charge in [0.1, 0.15) is 0 Å². The lowest BCUT2D eigenvalue weighted by atomic mass is 9.97. The molecule has 0 amide bonds. The van der Waals surface area contributed by atoms with Crippen LogP contribution in [-0.2, 0) is 10.8 Å². The van der Waals surface area contributed by atoms with E-state index in [9.17, 15) is 0 Å². The molecule has 0 saturated heterocycles. The van der Waals surface area contributed by atoms with E-state index < -0.39 is 8.32 Å². The van der Waals surface area contributed by atoms with Crippen molar-refractivity contribution in [1.82, 2.24) is 0 Å². The van der Waals surface area contributed by atoms with E-state index in [2.05, 4.69) is 45.3 Å². The predicted octanol–water partition coefficient (Wildman–Crippen LogP) is 5.15. The lowest BCUT2D eigenvalue weighted by molar-refractivity contribution is 0.164. The minimum absolute atomic E-state index is 0.306. The summed E-state index contributed by atoms with van der Waals surface area (Å²) in [5, 5.41) is 2.53. The fourth-order valence-electron chi connectivity index (χ4n) is 2.10. The van der Waals surface area contributed by atoms with E-state index in [4.69, 9.17) is 4.43 Å². The molecule has 96 valence electrons. The van der Waals surface area contributed by atoms with Crippen molar-refractivity contribution in [2.45, 2.75) is 64.3 Å². The number of rotatable bonds is 2. The molecule has 1 unspecified atom stereocenters. The number of hydrogen-bond acceptors (Lipinski definition) is 2. The van der Waals surface area contributed by atoms with Crippen molar-refractivity contribution >= 4 is 19.7 Å². The van der Waals surface area contributed by atoms with E-state index in [1.165, 1.54) is 24.8 Å². The quantitative estimate of drug-likeness (QED) is 0.674. The minimum atomic E-state index is -1.63. The maximum Gasteiger partial charge on any atom is 0.192 e. The molecule has 1 aromatic rings. The summed E-state index contributed by atoms with van der Waals surface area (Å²) in [6.07, 6.45) is 4.11. The van der Waals surface area contributed by atoms with Gasteiger partial charge in [0.15, 0.2) is 8.32 Å². The van der Waals surface area contributed by atoms with Crippen molar-refractivity contribution in [3.63, 3.8) is 0 Å². The maximum atomic E-state index is 6.57. The number of aryl methyl sites for hydroxylation is 1. The van der Waals surface area contributed by atoms with Gasteiger partial charge in [-0.15, -0.1) is 11.3 Å². The SMILES string of the molecule is CC(C)(C)[Si](C)(C)OC1CCCc2sccc21. The summed E-state index contributed by atoms with van der Waals surface area (Å²) in [4.78, 5) is 1.56. The van der Waals surface area contributed by atoms with Gasteiger partial charge in [-0.05, 0) is 54.4 Å². The predicted molar refractivity (Wildman–Crippen MR) is 78.3 cm³/mol. The molecule has 3 heteroatoms. The first-order chi connectivity index (χ1) is 7.81. The molecule has 0 N–H and O–H groups in total. The second kappa shape index (κ2) is 4.52. The van der Waals surface area contributed by atoms with Gasteiger partial charge in [-0.2, -0.15) is 0 Å². The van der Waals surface area contributed by atoms with Crippen LogP contribution in [0.4, 0.5) is 0 Å². The second-order valence-corrected chi connectivity index (χ2v) is 12.3. The third-order valence-corrected chi connectivity index (χ3v) is 9.72. The summed E-state index contributed by atoms with van der Waals surface area (Å²) < 4.78 is 6.57. The Morgan fingerprint density at radius 3 is 2.71 bits per heavy atom. The zero-order valence-electron chi connectivity index (χ0n) is 11.7. The number of thiophene rings is 1. The van der Waals surface area contributed by atoms with Gasteiger partial charge in [0.25, 0.3) is 0 Å². The highest BCUT2D eigenvalue weighted by atomic mass is 32.1. The molecule has 0 fully saturated rings. The standard InChI is InChI=1S/C14H24OSSi/c1-14(2,3)17(4,5)15-12-7-6-8-13-11(12)9-10-16-13/h9-10,12H,6-8H2,1-5H3. The minimum Gasteiger partial charge on any atom is -0.410 e. The highest BCUT2D eigenvalue weighted by Crippen LogP contribution is 2.43. The average Bonchev–Trinajstić information content (AvgIpc) is 2.64. The molecule has 1 atom stereocenters. The molecule has 1 aliphatic carbocycles. The molecule has 2 rings (SSSR count). The van der Waals surface area contributed by atoms with E-state index in [1.807, 2.05) is 11.3 Å². The van der Waals surface area contributed by atoms with Crippen LogP contribution in [0.15, 0.2) is 11.4 Å². The van der Waals surface area contributed by atoms with Crippen molar-refractivity contribution in [3.8, 4) is 0 Å². The summed E-state index contributed by atoms with van der Waals surface area (Å²) in [5.74, 6) is 0. The average molecular weight is 268 g/mol. The van der Waals surface area contributed by atoms with Crippen LogP contribution in [0.2, 0.25) is 18.1 Å². The van der Waals surface area contributed by atoms with E-state index in [0.29, 0.717) is 11.1 Å². The Kier molecular flexibility index (Phi) is 3.54. The van der Waals surface area contributed by atoms with Gasteiger partial charge in [-0.3, -0.25) is 0 Å². The van der Waals surface area contributed by atoms with Crippen LogP contribution in [-0.4, -0.2) is 8.32 Å². The van der Waals surface area contributed by atoms with Crippen LogP contribution in [0.5, 0.6) is 0 Å². The highest BCUT2D eigenvalue weighted by Gasteiger charge is 2.40. The third-order valence-electron chi connectivity index (χ3n) is 4.24. The van der Waals surface area contributed by atoms with Gasteiger partial charge < -0.3 is 4.43 Å². The monoisotopic (exact) mass is 268 g/mol. The first kappa shape index (κ1) is 13.3. The van der Waals surface area contributed by atoms with E-state index in [-0.39, 0.29) is 0 Å². The van der Waals surface area contributed by atoms with Gasteiger partial charge in [-0.25, -0.2) is 0 Å². The van der Waals surface area contributed by atoms with Crippen molar-refractivity contribution in [2.24, 2.45) is 0 Å². The molecule has 0 radical (unpaired) electrons. The molecule has 17 heavy (non-hydrogen) atoms. The molecule has 1 aromatic heterocycles. The lowest BCUT2D eigenvalue weighted by Crippen LogP contribution is -2.42. The molecule has 0 aromatic carbocycles. The highest BCUT2D eigenvalue weighted by molar-refractivity contribution is 7.10. The van der Waals surface area contributed by atoms with Crippen LogP contribution < -0.4 is 0 Å². The molecule has 1 nitrogen and oxygen atoms in total. The van der Waals surface area contributed by atoms with E-state index >= 15 is 0 Å². The summed E-state index contributed by atoms with van der Waals surface area (Å²) in [7, 11) is -1.63. The molecule has 1 aliphatic rings. The maximum absolute atomic E-state index is 6.57. The van der Waals surface area contributed by atoms with E-state index in [0.717, 1.165) is 0 Å². The topological polar surface area (TPSA) is 9.23 Å². The molecule has 0 saturated carbocycles. The Bertz CT molecular complexity index is 389. The van der Waals surface area contributed by atoms with Crippen LogP contribution in [0.25, 0.3) is 0 Å². The van der Waals surface area contributed by atoms with Crippen LogP contribution in [0.1, 0.15) is 50.2 Å². The zero-order valence-corrected chi connectivity index (χ0v) is 13.5. The van der Waals surface area contributed by atoms with Crippen LogP contribution in [0, 0.1) is 0 Å². The Hall–Kier alpha value is -0.123. The van der Waals surface area contributed by atoms with Crippen molar-refractivity contribution in [2.75, 3.05) is 0 Å². The number of fused-ring (bicyclic) bond motifs is 1. The van der Waals surface area contributed by atoms with Crippen molar-refractivity contribution in [1.29, 1.82) is 0 Å². The fourth-order valence-corrected chi connectivity index (χ4v) is 4.39. The summed E-state index contributed by atoms with van der Waals surface area (Å²) in [5.41, 5.74) is 1.48. The Balaban J connectivity index is 2.17. The van der Waals surface area contributed by atoms with Crippen LogP contribution >= 0.6 is 11.3 Å². The summed E-state index contributed by atoms with van der Waals surface area (Å²) >= 11 is 1.90. The third kappa shape index (κ3) is 2.66. The largest absolute Gasteiger partial charge is 0.410 e. The molecule has 0 aliphatic heterocycles. The summed E-state index contributed by atoms with van der Waals surface area (Å²) in [6.45, 7) is 11.7. The van der Waals surface area contributed by atoms with Crippen LogP contribution in [0.3, 0.4) is 0 Å². The second-order valence-electron chi connectivity index (χ2n) is 6.56. The van der Waals surface area contributed by atoms with Crippen molar-refractivity contribution in [3.05, 3.63) is 21.9 Å². The van der Waals surface area contributed by atoms with Gasteiger partial charge in [-0.1, -0.05) is 20.8 Å². The normalized spacial score (nSPS) is 21.4. The Morgan fingerprint density at radius 1 is 1.35 bits per heavy atom. The van der Waals surface area contributed by atoms with Gasteiger partial charge in [0.2, 0.25) is 0 Å². The molecular formula is C14H24OSSi. The fraction of sp³-hybridized carbons (Fsp3) is 0.714. The van der Waals surface area contributed by atoms with Crippen molar-refractivity contribution < 1.29 is 4.43 Å². The van der Waals surface area contributed by atoms with Gasteiger partial charge >= 0.3 is 0 Å². The first-order valence-corrected chi connectivity index (χ1v) is 10.3. The molecule has 0 spiro atoms.